The van der Waals surface area contributed by atoms with Gasteiger partial charge in [-0.15, -0.1) is 0 Å². The number of hydrogen-bond donors (Lipinski definition) is 1. The van der Waals surface area contributed by atoms with Gasteiger partial charge in [0.05, 0.1) is 31.7 Å². The van der Waals surface area contributed by atoms with E-state index in [9.17, 15) is 14.4 Å². The van der Waals surface area contributed by atoms with E-state index in [4.69, 9.17) is 9.47 Å². The van der Waals surface area contributed by atoms with Crippen molar-refractivity contribution in [3.8, 4) is 11.5 Å². The molecule has 0 saturated carbocycles. The van der Waals surface area contributed by atoms with Crippen molar-refractivity contribution in [2.45, 2.75) is 6.54 Å². The molecule has 9 heteroatoms. The summed E-state index contributed by atoms with van der Waals surface area (Å²) in [5.41, 5.74) is 1.71. The van der Waals surface area contributed by atoms with Crippen LogP contribution in [0.15, 0.2) is 76.3 Å². The van der Waals surface area contributed by atoms with Gasteiger partial charge in [-0.2, -0.15) is 0 Å². The van der Waals surface area contributed by atoms with Crippen molar-refractivity contribution >= 4 is 22.5 Å². The van der Waals surface area contributed by atoms with Gasteiger partial charge in [-0.1, -0.05) is 18.2 Å². The summed E-state index contributed by atoms with van der Waals surface area (Å²) in [6, 6.07) is 19.9. The second kappa shape index (κ2) is 10.2. The first-order chi connectivity index (χ1) is 18.0. The summed E-state index contributed by atoms with van der Waals surface area (Å²) < 4.78 is 11.6. The highest BCUT2D eigenvalue weighted by atomic mass is 16.5. The molecule has 1 saturated heterocycles. The lowest BCUT2D eigenvalue weighted by molar-refractivity contribution is 0.0747. The zero-order chi connectivity index (χ0) is 25.9. The number of aromatic amines is 1. The van der Waals surface area contributed by atoms with Gasteiger partial charge in [-0.3, -0.25) is 14.2 Å². The smallest absolute Gasteiger partial charge is 0.329 e. The molecule has 0 bridgehead atoms. The number of ether oxygens (including phenoxy) is 2. The van der Waals surface area contributed by atoms with Crippen molar-refractivity contribution < 1.29 is 14.3 Å². The van der Waals surface area contributed by atoms with Gasteiger partial charge in [0.25, 0.3) is 11.5 Å². The van der Waals surface area contributed by atoms with Gasteiger partial charge in [0, 0.05) is 43.5 Å². The quantitative estimate of drug-likeness (QED) is 0.437. The van der Waals surface area contributed by atoms with Crippen LogP contribution in [0, 0.1) is 0 Å². The molecule has 1 aliphatic rings. The minimum atomic E-state index is -0.523. The van der Waals surface area contributed by atoms with Gasteiger partial charge in [-0.25, -0.2) is 4.79 Å². The molecule has 2 heterocycles. The average molecular weight is 501 g/mol. The number of carbonyl (C=O) groups is 1. The largest absolute Gasteiger partial charge is 0.497 e. The second-order valence-corrected chi connectivity index (χ2v) is 8.91. The molecule has 3 aromatic carbocycles. The maximum absolute atomic E-state index is 13.2. The minimum Gasteiger partial charge on any atom is -0.497 e. The lowest BCUT2D eigenvalue weighted by Crippen LogP contribution is -2.48. The number of methoxy groups -OCH3 is 2. The Bertz CT molecular complexity index is 1550. The van der Waals surface area contributed by atoms with Crippen LogP contribution in [0.2, 0.25) is 0 Å². The number of benzene rings is 3. The van der Waals surface area contributed by atoms with Gasteiger partial charge in [0.15, 0.2) is 0 Å². The molecular weight excluding hydrogens is 472 g/mol. The van der Waals surface area contributed by atoms with Crippen molar-refractivity contribution in [1.82, 2.24) is 14.5 Å². The maximum Gasteiger partial charge on any atom is 0.329 e. The van der Waals surface area contributed by atoms with Crippen molar-refractivity contribution in [2.75, 3.05) is 45.3 Å². The van der Waals surface area contributed by atoms with Crippen LogP contribution in [0.25, 0.3) is 10.9 Å². The number of piperazine rings is 1. The van der Waals surface area contributed by atoms with Gasteiger partial charge >= 0.3 is 5.69 Å². The number of anilines is 1. The van der Waals surface area contributed by atoms with Crippen LogP contribution < -0.4 is 25.6 Å². The molecule has 190 valence electrons. The number of aromatic nitrogens is 2. The van der Waals surface area contributed by atoms with Crippen LogP contribution in [-0.4, -0.2) is 60.8 Å². The summed E-state index contributed by atoms with van der Waals surface area (Å²) in [5, 5.41) is 0.354. The van der Waals surface area contributed by atoms with E-state index < -0.39 is 11.2 Å². The number of nitrogens with zero attached hydrogens (tertiary/aromatic N) is 3. The van der Waals surface area contributed by atoms with E-state index in [1.165, 1.54) is 0 Å². The highest BCUT2D eigenvalue weighted by Crippen LogP contribution is 2.23. The lowest BCUT2D eigenvalue weighted by Gasteiger charge is -2.36. The number of fused-ring (bicyclic) bond motifs is 1. The third-order valence-electron chi connectivity index (χ3n) is 6.71. The van der Waals surface area contributed by atoms with E-state index in [0.29, 0.717) is 48.4 Å². The summed E-state index contributed by atoms with van der Waals surface area (Å²) in [5.74, 6) is 1.36. The van der Waals surface area contributed by atoms with Crippen molar-refractivity contribution in [3.63, 3.8) is 0 Å². The zero-order valence-electron chi connectivity index (χ0n) is 20.8. The summed E-state index contributed by atoms with van der Waals surface area (Å²) in [7, 11) is 3.22. The molecule has 0 radical (unpaired) electrons. The highest BCUT2D eigenvalue weighted by Gasteiger charge is 2.23. The van der Waals surface area contributed by atoms with Gasteiger partial charge in [0.1, 0.15) is 11.5 Å². The fourth-order valence-corrected chi connectivity index (χ4v) is 4.60. The third-order valence-corrected chi connectivity index (χ3v) is 6.71. The Morgan fingerprint density at radius 1 is 0.865 bits per heavy atom. The fourth-order valence-electron chi connectivity index (χ4n) is 4.60. The molecular formula is C28H28N4O5. The Labute approximate surface area is 213 Å². The van der Waals surface area contributed by atoms with Crippen LogP contribution in [-0.2, 0) is 6.54 Å². The lowest BCUT2D eigenvalue weighted by atomic mass is 10.1. The van der Waals surface area contributed by atoms with Crippen molar-refractivity contribution in [3.05, 3.63) is 98.7 Å². The number of rotatable bonds is 6. The SMILES string of the molecule is COc1ccc(Cn2c(=O)[nH]c3cc(C(=O)N4CCN(c5cccc(OC)c5)CC4)ccc3c2=O)cc1. The zero-order valence-corrected chi connectivity index (χ0v) is 20.8. The van der Waals surface area contributed by atoms with Crippen LogP contribution in [0.1, 0.15) is 15.9 Å². The van der Waals surface area contributed by atoms with Crippen LogP contribution in [0.3, 0.4) is 0 Å². The average Bonchev–Trinajstić information content (AvgIpc) is 2.95. The Hall–Kier alpha value is -4.53. The highest BCUT2D eigenvalue weighted by molar-refractivity contribution is 5.97. The molecule has 4 aromatic rings. The van der Waals surface area contributed by atoms with Crippen LogP contribution >= 0.6 is 0 Å². The van der Waals surface area contributed by atoms with E-state index in [2.05, 4.69) is 9.88 Å². The summed E-state index contributed by atoms with van der Waals surface area (Å²) >= 11 is 0. The van der Waals surface area contributed by atoms with Crippen LogP contribution in [0.5, 0.6) is 11.5 Å². The summed E-state index contributed by atoms with van der Waals surface area (Å²) in [6.45, 7) is 2.65. The number of amides is 1. The van der Waals surface area contributed by atoms with Crippen LogP contribution in [0.4, 0.5) is 5.69 Å². The molecule has 1 aromatic heterocycles. The molecule has 1 fully saturated rings. The number of hydrogen-bond acceptors (Lipinski definition) is 6. The van der Waals surface area contributed by atoms with E-state index in [-0.39, 0.29) is 12.5 Å². The topological polar surface area (TPSA) is 96.9 Å². The number of nitrogens with one attached hydrogen (secondary N) is 1. The monoisotopic (exact) mass is 500 g/mol. The molecule has 1 amide bonds. The van der Waals surface area contributed by atoms with Crippen molar-refractivity contribution in [1.29, 1.82) is 0 Å². The molecule has 0 aliphatic carbocycles. The Morgan fingerprint density at radius 2 is 1.59 bits per heavy atom. The predicted molar refractivity (Wildman–Crippen MR) is 142 cm³/mol. The minimum absolute atomic E-state index is 0.129. The predicted octanol–water partition coefficient (Wildman–Crippen LogP) is 2.72. The first kappa shape index (κ1) is 24.2. The number of H-pyrrole nitrogens is 1. The van der Waals surface area contributed by atoms with E-state index in [1.54, 1.807) is 49.5 Å². The molecule has 1 N–H and O–H groups in total. The molecule has 37 heavy (non-hydrogen) atoms. The summed E-state index contributed by atoms with van der Waals surface area (Å²) in [4.78, 5) is 45.8. The Balaban J connectivity index is 1.32. The molecule has 0 unspecified atom stereocenters. The normalized spacial score (nSPS) is 13.6. The first-order valence-electron chi connectivity index (χ1n) is 12.0. The first-order valence-corrected chi connectivity index (χ1v) is 12.0. The Morgan fingerprint density at radius 3 is 2.30 bits per heavy atom. The molecule has 0 spiro atoms. The Kier molecular flexibility index (Phi) is 6.68. The summed E-state index contributed by atoms with van der Waals surface area (Å²) in [6.07, 6.45) is 0. The van der Waals surface area contributed by atoms with Crippen molar-refractivity contribution in [2.24, 2.45) is 0 Å². The molecule has 1 aliphatic heterocycles. The van der Waals surface area contributed by atoms with Gasteiger partial charge in [-0.05, 0) is 48.0 Å². The van der Waals surface area contributed by atoms with E-state index in [0.717, 1.165) is 21.6 Å². The standard InChI is InChI=1S/C28H28N4O5/c1-36-22-9-6-19(7-10-22)18-32-27(34)24-11-8-20(16-25(24)29-28(32)35)26(33)31-14-12-30(13-15-31)21-4-3-5-23(17-21)37-2/h3-11,16-17H,12-15,18H2,1-2H3,(H,29,35). The van der Waals surface area contributed by atoms with E-state index >= 15 is 0 Å². The van der Waals surface area contributed by atoms with E-state index in [1.807, 2.05) is 36.4 Å². The maximum atomic E-state index is 13.2. The molecule has 0 atom stereocenters. The fraction of sp³-hybridized carbons (Fsp3) is 0.250. The molecule has 5 rings (SSSR count). The third kappa shape index (κ3) is 4.93. The number of carbonyl (C=O) groups excluding carboxylic acids is 1. The van der Waals surface area contributed by atoms with Gasteiger partial charge < -0.3 is 24.3 Å². The van der Waals surface area contributed by atoms with Gasteiger partial charge in [0.2, 0.25) is 0 Å². The molecule has 9 nitrogen and oxygen atoms in total. The second-order valence-electron chi connectivity index (χ2n) is 8.91.